The Balaban J connectivity index is 1.88. The number of benzene rings is 2. The fourth-order valence-electron chi connectivity index (χ4n) is 2.87. The lowest BCUT2D eigenvalue weighted by Gasteiger charge is -2.13. The highest BCUT2D eigenvalue weighted by Crippen LogP contribution is 2.24. The van der Waals surface area contributed by atoms with E-state index in [1.54, 1.807) is 6.07 Å². The Bertz CT molecular complexity index is 827. The van der Waals surface area contributed by atoms with Crippen LogP contribution in [0.25, 0.3) is 10.8 Å². The number of pyridine rings is 1. The predicted molar refractivity (Wildman–Crippen MR) is 91.9 cm³/mol. The molecule has 0 amide bonds. The molecule has 2 aromatic carbocycles. The molecule has 0 saturated heterocycles. The molecule has 0 saturated carbocycles. The summed E-state index contributed by atoms with van der Waals surface area (Å²) in [6, 6.07) is 19.8. The number of rotatable bonds is 5. The van der Waals surface area contributed by atoms with Gasteiger partial charge in [0.2, 0.25) is 0 Å². The molecule has 1 atom stereocenters. The molecular formula is C20H19NO2. The molecule has 0 radical (unpaired) electrons. The Labute approximate surface area is 135 Å². The molecule has 0 fully saturated rings. The molecule has 1 unspecified atom stereocenters. The van der Waals surface area contributed by atoms with Crippen LogP contribution < -0.4 is 0 Å². The summed E-state index contributed by atoms with van der Waals surface area (Å²) in [6.07, 6.45) is 1.70. The van der Waals surface area contributed by atoms with Gasteiger partial charge in [-0.1, -0.05) is 61.5 Å². The predicted octanol–water partition coefficient (Wildman–Crippen LogP) is 4.67. The second kappa shape index (κ2) is 6.61. The number of aromatic nitrogens is 1. The number of aromatic carboxylic acids is 1. The van der Waals surface area contributed by atoms with Crippen LogP contribution in [0.4, 0.5) is 0 Å². The zero-order chi connectivity index (χ0) is 16.2. The molecule has 0 aliphatic carbocycles. The summed E-state index contributed by atoms with van der Waals surface area (Å²) in [4.78, 5) is 15.7. The van der Waals surface area contributed by atoms with Crippen molar-refractivity contribution >= 4 is 16.7 Å². The van der Waals surface area contributed by atoms with Crippen LogP contribution in [0, 0.1) is 0 Å². The number of aryl methyl sites for hydroxylation is 1. The molecule has 3 nitrogen and oxygen atoms in total. The highest BCUT2D eigenvalue weighted by molar-refractivity contribution is 5.93. The quantitative estimate of drug-likeness (QED) is 0.745. The van der Waals surface area contributed by atoms with E-state index in [1.165, 1.54) is 5.56 Å². The second-order valence-electron chi connectivity index (χ2n) is 5.83. The number of carboxylic acids is 1. The van der Waals surface area contributed by atoms with Crippen LogP contribution in [0.2, 0.25) is 0 Å². The van der Waals surface area contributed by atoms with E-state index in [9.17, 15) is 9.90 Å². The molecule has 0 bridgehead atoms. The summed E-state index contributed by atoms with van der Waals surface area (Å²) in [5.41, 5.74) is 2.28. The van der Waals surface area contributed by atoms with E-state index < -0.39 is 5.97 Å². The van der Waals surface area contributed by atoms with Crippen LogP contribution in [0.5, 0.6) is 0 Å². The minimum absolute atomic E-state index is 0.117. The first kappa shape index (κ1) is 15.2. The molecule has 1 heterocycles. The van der Waals surface area contributed by atoms with E-state index in [-0.39, 0.29) is 5.69 Å². The SMILES string of the molecule is CC(CCc1nc(C(=O)O)cc2ccccc12)c1ccccc1. The first-order chi connectivity index (χ1) is 11.1. The van der Waals surface area contributed by atoms with E-state index in [2.05, 4.69) is 24.0 Å². The van der Waals surface area contributed by atoms with Crippen LogP contribution in [0.3, 0.4) is 0 Å². The average Bonchev–Trinajstić information content (AvgIpc) is 2.59. The van der Waals surface area contributed by atoms with Crippen molar-refractivity contribution in [1.82, 2.24) is 4.98 Å². The van der Waals surface area contributed by atoms with Gasteiger partial charge in [0, 0.05) is 11.1 Å². The molecule has 0 spiro atoms. The van der Waals surface area contributed by atoms with Gasteiger partial charge in [0.1, 0.15) is 5.69 Å². The lowest BCUT2D eigenvalue weighted by molar-refractivity contribution is 0.0690. The van der Waals surface area contributed by atoms with Crippen LogP contribution in [-0.2, 0) is 6.42 Å². The first-order valence-corrected chi connectivity index (χ1v) is 7.82. The molecule has 0 aliphatic heterocycles. The fourth-order valence-corrected chi connectivity index (χ4v) is 2.87. The van der Waals surface area contributed by atoms with Crippen molar-refractivity contribution in [3.63, 3.8) is 0 Å². The number of fused-ring (bicyclic) bond motifs is 1. The topological polar surface area (TPSA) is 50.2 Å². The van der Waals surface area contributed by atoms with E-state index in [4.69, 9.17) is 0 Å². The van der Waals surface area contributed by atoms with Crippen LogP contribution in [0.1, 0.15) is 41.0 Å². The van der Waals surface area contributed by atoms with Crippen molar-refractivity contribution in [2.75, 3.05) is 0 Å². The number of hydrogen-bond acceptors (Lipinski definition) is 2. The molecule has 3 rings (SSSR count). The minimum Gasteiger partial charge on any atom is -0.477 e. The number of carboxylic acid groups (broad SMARTS) is 1. The summed E-state index contributed by atoms with van der Waals surface area (Å²) in [5.74, 6) is -0.571. The van der Waals surface area contributed by atoms with Crippen molar-refractivity contribution in [1.29, 1.82) is 0 Å². The van der Waals surface area contributed by atoms with Gasteiger partial charge in [-0.3, -0.25) is 0 Å². The lowest BCUT2D eigenvalue weighted by atomic mass is 9.94. The lowest BCUT2D eigenvalue weighted by Crippen LogP contribution is -2.05. The summed E-state index contributed by atoms with van der Waals surface area (Å²) in [6.45, 7) is 2.19. The number of nitrogens with zero attached hydrogens (tertiary/aromatic N) is 1. The van der Waals surface area contributed by atoms with Crippen molar-refractivity contribution in [3.8, 4) is 0 Å². The second-order valence-corrected chi connectivity index (χ2v) is 5.83. The van der Waals surface area contributed by atoms with E-state index in [1.807, 2.05) is 42.5 Å². The third-order valence-corrected chi connectivity index (χ3v) is 4.22. The molecule has 116 valence electrons. The maximum Gasteiger partial charge on any atom is 0.354 e. The Hall–Kier alpha value is -2.68. The third-order valence-electron chi connectivity index (χ3n) is 4.22. The standard InChI is InChI=1S/C20H19NO2/c1-14(15-7-3-2-4-8-15)11-12-18-17-10-6-5-9-16(17)13-19(21-18)20(22)23/h2-10,13-14H,11-12H2,1H3,(H,22,23). The van der Waals surface area contributed by atoms with Crippen LogP contribution in [0.15, 0.2) is 60.7 Å². The van der Waals surface area contributed by atoms with Gasteiger partial charge in [-0.2, -0.15) is 0 Å². The molecule has 1 aromatic heterocycles. The van der Waals surface area contributed by atoms with Crippen molar-refractivity contribution in [2.45, 2.75) is 25.7 Å². The van der Waals surface area contributed by atoms with Crippen LogP contribution in [-0.4, -0.2) is 16.1 Å². The molecule has 1 N–H and O–H groups in total. The molecule has 0 aliphatic rings. The fraction of sp³-hybridized carbons (Fsp3) is 0.200. The average molecular weight is 305 g/mol. The number of hydrogen-bond donors (Lipinski definition) is 1. The van der Waals surface area contributed by atoms with Crippen molar-refractivity contribution in [3.05, 3.63) is 77.6 Å². The molecular weight excluding hydrogens is 286 g/mol. The van der Waals surface area contributed by atoms with E-state index in [0.717, 1.165) is 29.3 Å². The van der Waals surface area contributed by atoms with Gasteiger partial charge in [-0.15, -0.1) is 0 Å². The van der Waals surface area contributed by atoms with E-state index in [0.29, 0.717) is 5.92 Å². The van der Waals surface area contributed by atoms with Gasteiger partial charge < -0.3 is 5.11 Å². The van der Waals surface area contributed by atoms with E-state index >= 15 is 0 Å². The van der Waals surface area contributed by atoms with Gasteiger partial charge in [0.25, 0.3) is 0 Å². The summed E-state index contributed by atoms with van der Waals surface area (Å²) < 4.78 is 0. The highest BCUT2D eigenvalue weighted by atomic mass is 16.4. The van der Waals surface area contributed by atoms with Gasteiger partial charge in [0.05, 0.1) is 0 Å². The van der Waals surface area contributed by atoms with Gasteiger partial charge in [-0.25, -0.2) is 9.78 Å². The van der Waals surface area contributed by atoms with Crippen LogP contribution >= 0.6 is 0 Å². The molecule has 3 aromatic rings. The highest BCUT2D eigenvalue weighted by Gasteiger charge is 2.12. The Morgan fingerprint density at radius 2 is 1.78 bits per heavy atom. The Morgan fingerprint density at radius 1 is 1.09 bits per heavy atom. The first-order valence-electron chi connectivity index (χ1n) is 7.82. The summed E-state index contributed by atoms with van der Waals surface area (Å²) in [7, 11) is 0. The van der Waals surface area contributed by atoms with Gasteiger partial charge in [-0.05, 0) is 35.8 Å². The van der Waals surface area contributed by atoms with Crippen molar-refractivity contribution < 1.29 is 9.90 Å². The maximum absolute atomic E-state index is 11.3. The third kappa shape index (κ3) is 3.39. The van der Waals surface area contributed by atoms with Gasteiger partial charge in [0.15, 0.2) is 0 Å². The van der Waals surface area contributed by atoms with Crippen molar-refractivity contribution in [2.24, 2.45) is 0 Å². The zero-order valence-electron chi connectivity index (χ0n) is 13.1. The van der Waals surface area contributed by atoms with Gasteiger partial charge >= 0.3 is 5.97 Å². The molecule has 23 heavy (non-hydrogen) atoms. The normalized spacial score (nSPS) is 12.2. The minimum atomic E-state index is -0.979. The smallest absolute Gasteiger partial charge is 0.354 e. The largest absolute Gasteiger partial charge is 0.477 e. The summed E-state index contributed by atoms with van der Waals surface area (Å²) >= 11 is 0. The monoisotopic (exact) mass is 305 g/mol. The maximum atomic E-state index is 11.3. The summed E-state index contributed by atoms with van der Waals surface area (Å²) in [5, 5.41) is 11.2. The zero-order valence-corrected chi connectivity index (χ0v) is 13.1. The Morgan fingerprint density at radius 3 is 2.52 bits per heavy atom. The molecule has 3 heteroatoms. The number of carbonyl (C=O) groups is 1. The Kier molecular flexibility index (Phi) is 4.38.